The molecule has 1 saturated heterocycles. The summed E-state index contributed by atoms with van der Waals surface area (Å²) in [5.74, 6) is -1.03. The first-order valence-electron chi connectivity index (χ1n) is 11.4. The zero-order valence-electron chi connectivity index (χ0n) is 19.6. The van der Waals surface area contributed by atoms with Gasteiger partial charge in [0.25, 0.3) is 11.8 Å². The molecule has 0 bridgehead atoms. The predicted molar refractivity (Wildman–Crippen MR) is 132 cm³/mol. The first-order valence-corrected chi connectivity index (χ1v) is 11.8. The Balaban J connectivity index is 1.47. The van der Waals surface area contributed by atoms with Crippen LogP contribution in [0.3, 0.4) is 0 Å². The molecule has 0 unspecified atom stereocenters. The lowest BCUT2D eigenvalue weighted by Gasteiger charge is -2.30. The molecule has 10 heteroatoms. The van der Waals surface area contributed by atoms with E-state index in [0.717, 1.165) is 29.7 Å². The van der Waals surface area contributed by atoms with E-state index in [4.69, 9.17) is 16.3 Å². The third kappa shape index (κ3) is 4.95. The summed E-state index contributed by atoms with van der Waals surface area (Å²) in [5.41, 5.74) is 0.741. The number of nitrogens with zero attached hydrogens (tertiary/aromatic N) is 1. The number of hydrogen-bond acceptors (Lipinski definition) is 5. The molecule has 3 N–H and O–H groups in total. The number of urea groups is 1. The van der Waals surface area contributed by atoms with Crippen molar-refractivity contribution in [1.29, 1.82) is 0 Å². The van der Waals surface area contributed by atoms with Gasteiger partial charge in [0.05, 0.1) is 24.0 Å². The fourth-order valence-electron chi connectivity index (χ4n) is 4.56. The molecule has 0 aromatic heterocycles. The molecule has 1 heterocycles. The van der Waals surface area contributed by atoms with E-state index in [1.165, 1.54) is 7.11 Å². The molecule has 2 fully saturated rings. The highest BCUT2D eigenvalue weighted by molar-refractivity contribution is 6.31. The summed E-state index contributed by atoms with van der Waals surface area (Å²) in [5, 5.41) is 8.73. The zero-order valence-corrected chi connectivity index (χ0v) is 20.3. The second kappa shape index (κ2) is 9.95. The van der Waals surface area contributed by atoms with E-state index in [1.54, 1.807) is 43.3 Å². The number of rotatable bonds is 6. The molecule has 5 amide bonds. The Hall–Kier alpha value is -3.59. The highest BCUT2D eigenvalue weighted by Crippen LogP contribution is 2.34. The van der Waals surface area contributed by atoms with Crippen LogP contribution in [-0.4, -0.2) is 47.8 Å². The summed E-state index contributed by atoms with van der Waals surface area (Å²) in [6, 6.07) is 9.21. The number of hydrogen-bond donors (Lipinski definition) is 3. The topological polar surface area (TPSA) is 117 Å². The van der Waals surface area contributed by atoms with E-state index in [-0.39, 0.29) is 17.2 Å². The lowest BCUT2D eigenvalue weighted by Crippen LogP contribution is -2.48. The molecule has 184 valence electrons. The van der Waals surface area contributed by atoms with Crippen LogP contribution in [0.4, 0.5) is 16.2 Å². The SMILES string of the molecule is COc1cc(Cl)c(C)cc1NC(=O)c1ccccc1NC(=O)CN1C(=O)NC2(CCCCC2)C1=O. The maximum Gasteiger partial charge on any atom is 0.325 e. The fourth-order valence-corrected chi connectivity index (χ4v) is 4.71. The van der Waals surface area contributed by atoms with Crippen LogP contribution < -0.4 is 20.7 Å². The van der Waals surface area contributed by atoms with Crippen molar-refractivity contribution in [3.8, 4) is 5.75 Å². The average Bonchev–Trinajstić information content (AvgIpc) is 3.05. The van der Waals surface area contributed by atoms with Crippen LogP contribution in [0, 0.1) is 6.92 Å². The Labute approximate surface area is 208 Å². The Bertz CT molecular complexity index is 1190. The van der Waals surface area contributed by atoms with Gasteiger partial charge in [-0.2, -0.15) is 0 Å². The van der Waals surface area contributed by atoms with Crippen molar-refractivity contribution in [1.82, 2.24) is 10.2 Å². The van der Waals surface area contributed by atoms with Crippen molar-refractivity contribution in [2.45, 2.75) is 44.6 Å². The number of amides is 5. The van der Waals surface area contributed by atoms with Gasteiger partial charge >= 0.3 is 6.03 Å². The molecule has 2 aromatic rings. The number of carbonyl (C=O) groups is 4. The molecule has 4 rings (SSSR count). The van der Waals surface area contributed by atoms with Crippen LogP contribution in [0.15, 0.2) is 36.4 Å². The number of ether oxygens (including phenoxy) is 1. The number of para-hydroxylation sites is 1. The molecule has 2 aliphatic rings. The van der Waals surface area contributed by atoms with E-state index in [9.17, 15) is 19.2 Å². The van der Waals surface area contributed by atoms with Gasteiger partial charge in [-0.1, -0.05) is 43.0 Å². The number of anilines is 2. The summed E-state index contributed by atoms with van der Waals surface area (Å²) in [6.07, 6.45) is 3.88. The van der Waals surface area contributed by atoms with E-state index in [0.29, 0.717) is 29.3 Å². The number of nitrogens with one attached hydrogen (secondary N) is 3. The van der Waals surface area contributed by atoms with E-state index in [2.05, 4.69) is 16.0 Å². The van der Waals surface area contributed by atoms with Crippen molar-refractivity contribution in [3.05, 3.63) is 52.5 Å². The summed E-state index contributed by atoms with van der Waals surface area (Å²) >= 11 is 6.14. The van der Waals surface area contributed by atoms with Gasteiger partial charge in [0.2, 0.25) is 5.91 Å². The molecule has 1 spiro atoms. The highest BCUT2D eigenvalue weighted by atomic mass is 35.5. The molecular formula is C25H27ClN4O5. The minimum Gasteiger partial charge on any atom is -0.495 e. The van der Waals surface area contributed by atoms with Crippen LogP contribution >= 0.6 is 11.6 Å². The minimum atomic E-state index is -0.900. The average molecular weight is 499 g/mol. The second-order valence-corrected chi connectivity index (χ2v) is 9.22. The number of carbonyl (C=O) groups excluding carboxylic acids is 4. The van der Waals surface area contributed by atoms with Crippen LogP contribution in [0.1, 0.15) is 48.0 Å². The first kappa shape index (κ1) is 24.5. The summed E-state index contributed by atoms with van der Waals surface area (Å²) in [7, 11) is 1.47. The Morgan fingerprint density at radius 1 is 1.09 bits per heavy atom. The third-order valence-electron chi connectivity index (χ3n) is 6.43. The lowest BCUT2D eigenvalue weighted by molar-refractivity contribution is -0.134. The number of imide groups is 1. The second-order valence-electron chi connectivity index (χ2n) is 8.81. The standard InChI is InChI=1S/C25H27ClN4O5/c1-15-12-19(20(35-2)13-17(15)26)28-22(32)16-8-4-5-9-18(16)27-21(31)14-30-23(33)25(29-24(30)34)10-6-3-7-11-25/h4-5,8-9,12-13H,3,6-7,10-11,14H2,1-2H3,(H,27,31)(H,28,32)(H,29,34). The van der Waals surface area contributed by atoms with Crippen LogP contribution in [0.5, 0.6) is 5.75 Å². The number of aryl methyl sites for hydroxylation is 1. The molecule has 0 atom stereocenters. The monoisotopic (exact) mass is 498 g/mol. The Kier molecular flexibility index (Phi) is 6.98. The molecule has 1 aliphatic heterocycles. The van der Waals surface area contributed by atoms with Gasteiger partial charge in [0.15, 0.2) is 0 Å². The minimum absolute atomic E-state index is 0.205. The molecular weight excluding hydrogens is 472 g/mol. The quantitative estimate of drug-likeness (QED) is 0.518. The van der Waals surface area contributed by atoms with Gasteiger partial charge in [-0.05, 0) is 43.5 Å². The molecule has 0 radical (unpaired) electrons. The summed E-state index contributed by atoms with van der Waals surface area (Å²) in [6.45, 7) is 1.37. The molecule has 2 aromatic carbocycles. The smallest absolute Gasteiger partial charge is 0.325 e. The van der Waals surface area contributed by atoms with Crippen molar-refractivity contribution >= 4 is 46.7 Å². The normalized spacial score (nSPS) is 16.7. The zero-order chi connectivity index (χ0) is 25.2. The van der Waals surface area contributed by atoms with E-state index >= 15 is 0 Å². The molecule has 35 heavy (non-hydrogen) atoms. The van der Waals surface area contributed by atoms with E-state index in [1.807, 2.05) is 0 Å². The van der Waals surface area contributed by atoms with Gasteiger partial charge < -0.3 is 20.7 Å². The van der Waals surface area contributed by atoms with Crippen LogP contribution in [-0.2, 0) is 9.59 Å². The number of halogens is 1. The number of benzene rings is 2. The summed E-state index contributed by atoms with van der Waals surface area (Å²) < 4.78 is 5.31. The Morgan fingerprint density at radius 3 is 2.51 bits per heavy atom. The maximum absolute atomic E-state index is 13.1. The van der Waals surface area contributed by atoms with Crippen molar-refractivity contribution in [2.24, 2.45) is 0 Å². The third-order valence-corrected chi connectivity index (χ3v) is 6.84. The van der Waals surface area contributed by atoms with Crippen molar-refractivity contribution in [2.75, 3.05) is 24.3 Å². The van der Waals surface area contributed by atoms with Gasteiger partial charge in [-0.25, -0.2) is 4.79 Å². The van der Waals surface area contributed by atoms with E-state index < -0.39 is 29.9 Å². The fraction of sp³-hybridized carbons (Fsp3) is 0.360. The van der Waals surface area contributed by atoms with Gasteiger partial charge in [0, 0.05) is 11.1 Å². The molecule has 1 aliphatic carbocycles. The van der Waals surface area contributed by atoms with Gasteiger partial charge in [0.1, 0.15) is 17.8 Å². The molecule has 9 nitrogen and oxygen atoms in total. The van der Waals surface area contributed by atoms with Crippen LogP contribution in [0.2, 0.25) is 5.02 Å². The van der Waals surface area contributed by atoms with Crippen molar-refractivity contribution < 1.29 is 23.9 Å². The largest absolute Gasteiger partial charge is 0.495 e. The highest BCUT2D eigenvalue weighted by Gasteiger charge is 2.51. The van der Waals surface area contributed by atoms with Crippen molar-refractivity contribution in [3.63, 3.8) is 0 Å². The van der Waals surface area contributed by atoms with Crippen LogP contribution in [0.25, 0.3) is 0 Å². The molecule has 1 saturated carbocycles. The summed E-state index contributed by atoms with van der Waals surface area (Å²) in [4.78, 5) is 52.2. The van der Waals surface area contributed by atoms with Gasteiger partial charge in [-0.3, -0.25) is 19.3 Å². The first-order chi connectivity index (χ1) is 16.7. The lowest BCUT2D eigenvalue weighted by atomic mass is 9.82. The predicted octanol–water partition coefficient (Wildman–Crippen LogP) is 4.10. The van der Waals surface area contributed by atoms with Gasteiger partial charge in [-0.15, -0.1) is 0 Å². The Morgan fingerprint density at radius 2 is 1.80 bits per heavy atom. The maximum atomic E-state index is 13.1. The number of methoxy groups -OCH3 is 1.